The summed E-state index contributed by atoms with van der Waals surface area (Å²) in [6.45, 7) is 0.669. The monoisotopic (exact) mass is 403 g/mol. The standard InChI is InChI=1S/C22H18ClN5O/c1-29-20-9-5-4-8-19(20)28-13-24-17-12-14(10-11-18(17)28)25-22-16-7-3-2-6-15(16)21(23)26-27-22/h2-12,24H,13H2,1H3,(H,25,27). The van der Waals surface area contributed by atoms with E-state index < -0.39 is 0 Å². The van der Waals surface area contributed by atoms with Crippen molar-refractivity contribution < 1.29 is 4.74 Å². The van der Waals surface area contributed by atoms with E-state index in [1.807, 2.05) is 48.5 Å². The van der Waals surface area contributed by atoms with Crippen LogP contribution in [-0.4, -0.2) is 24.0 Å². The van der Waals surface area contributed by atoms with E-state index in [1.165, 1.54) is 0 Å². The van der Waals surface area contributed by atoms with Gasteiger partial charge in [0.1, 0.15) is 5.75 Å². The van der Waals surface area contributed by atoms with Gasteiger partial charge in [-0.25, -0.2) is 0 Å². The highest BCUT2D eigenvalue weighted by Gasteiger charge is 2.22. The van der Waals surface area contributed by atoms with Gasteiger partial charge in [0, 0.05) is 16.5 Å². The fraction of sp³-hybridized carbons (Fsp3) is 0.0909. The number of nitrogens with zero attached hydrogens (tertiary/aromatic N) is 3. The molecule has 0 saturated heterocycles. The number of aromatic nitrogens is 2. The molecule has 7 heteroatoms. The molecule has 0 bridgehead atoms. The molecule has 4 aromatic rings. The number of anilines is 5. The SMILES string of the molecule is COc1ccccc1N1CNc2cc(Nc3nnc(Cl)c4ccccc34)ccc21. The average molecular weight is 404 g/mol. The van der Waals surface area contributed by atoms with Crippen LogP contribution in [0.15, 0.2) is 66.7 Å². The molecule has 5 rings (SSSR count). The maximum Gasteiger partial charge on any atom is 0.161 e. The molecule has 1 aliphatic heterocycles. The molecule has 0 unspecified atom stereocenters. The summed E-state index contributed by atoms with van der Waals surface area (Å²) in [4.78, 5) is 2.19. The van der Waals surface area contributed by atoms with Crippen LogP contribution in [-0.2, 0) is 0 Å². The zero-order chi connectivity index (χ0) is 19.8. The van der Waals surface area contributed by atoms with Gasteiger partial charge in [-0.2, -0.15) is 0 Å². The van der Waals surface area contributed by atoms with Crippen molar-refractivity contribution in [1.82, 2.24) is 10.2 Å². The van der Waals surface area contributed by atoms with E-state index in [2.05, 4.69) is 43.9 Å². The quantitative estimate of drug-likeness (QED) is 0.465. The van der Waals surface area contributed by atoms with E-state index in [-0.39, 0.29) is 0 Å². The lowest BCUT2D eigenvalue weighted by molar-refractivity contribution is 0.415. The van der Waals surface area contributed by atoms with E-state index in [9.17, 15) is 0 Å². The minimum absolute atomic E-state index is 0.397. The van der Waals surface area contributed by atoms with Gasteiger partial charge in [-0.15, -0.1) is 10.2 Å². The summed E-state index contributed by atoms with van der Waals surface area (Å²) in [5, 5.41) is 17.3. The van der Waals surface area contributed by atoms with Crippen molar-refractivity contribution in [2.45, 2.75) is 0 Å². The molecule has 0 aliphatic carbocycles. The Morgan fingerprint density at radius 1 is 0.966 bits per heavy atom. The van der Waals surface area contributed by atoms with Crippen LogP contribution in [0.2, 0.25) is 5.15 Å². The van der Waals surface area contributed by atoms with Crippen molar-refractivity contribution in [3.8, 4) is 5.75 Å². The van der Waals surface area contributed by atoms with E-state index in [0.29, 0.717) is 17.6 Å². The molecule has 0 fully saturated rings. The number of methoxy groups -OCH3 is 1. The van der Waals surface area contributed by atoms with Crippen LogP contribution in [0.4, 0.5) is 28.6 Å². The molecule has 2 heterocycles. The molecule has 1 aromatic heterocycles. The predicted octanol–water partition coefficient (Wildman–Crippen LogP) is 5.56. The second-order valence-corrected chi connectivity index (χ2v) is 7.03. The Kier molecular flexibility index (Phi) is 4.33. The maximum absolute atomic E-state index is 6.18. The smallest absolute Gasteiger partial charge is 0.161 e. The van der Waals surface area contributed by atoms with Gasteiger partial charge in [0.05, 0.1) is 30.8 Å². The van der Waals surface area contributed by atoms with E-state index in [0.717, 1.165) is 39.3 Å². The Bertz CT molecular complexity index is 1210. The molecule has 0 saturated carbocycles. The van der Waals surface area contributed by atoms with Gasteiger partial charge in [-0.1, -0.05) is 48.0 Å². The topological polar surface area (TPSA) is 62.3 Å². The molecule has 0 radical (unpaired) electrons. The number of benzene rings is 3. The predicted molar refractivity (Wildman–Crippen MR) is 118 cm³/mol. The molecule has 0 amide bonds. The third kappa shape index (κ3) is 3.07. The molecule has 3 aromatic carbocycles. The number of ether oxygens (including phenoxy) is 1. The molecule has 144 valence electrons. The van der Waals surface area contributed by atoms with Crippen molar-refractivity contribution >= 4 is 50.9 Å². The molecular formula is C22H18ClN5O. The molecule has 29 heavy (non-hydrogen) atoms. The van der Waals surface area contributed by atoms with Crippen LogP contribution in [0.5, 0.6) is 5.75 Å². The normalized spacial score (nSPS) is 12.6. The Morgan fingerprint density at radius 2 is 1.76 bits per heavy atom. The zero-order valence-corrected chi connectivity index (χ0v) is 16.4. The van der Waals surface area contributed by atoms with E-state index in [1.54, 1.807) is 7.11 Å². The first-order valence-corrected chi connectivity index (χ1v) is 9.59. The molecular weight excluding hydrogens is 386 g/mol. The van der Waals surface area contributed by atoms with Crippen LogP contribution in [0.25, 0.3) is 10.8 Å². The van der Waals surface area contributed by atoms with Crippen molar-refractivity contribution in [3.05, 3.63) is 71.9 Å². The van der Waals surface area contributed by atoms with Crippen LogP contribution in [0.1, 0.15) is 0 Å². The van der Waals surface area contributed by atoms with Gasteiger partial charge >= 0.3 is 0 Å². The van der Waals surface area contributed by atoms with E-state index in [4.69, 9.17) is 16.3 Å². The molecule has 6 nitrogen and oxygen atoms in total. The third-order valence-corrected chi connectivity index (χ3v) is 5.28. The third-order valence-electron chi connectivity index (χ3n) is 5.00. The summed E-state index contributed by atoms with van der Waals surface area (Å²) in [6, 6.07) is 22.0. The highest BCUT2D eigenvalue weighted by molar-refractivity contribution is 6.34. The largest absolute Gasteiger partial charge is 0.495 e. The number of rotatable bonds is 4. The summed E-state index contributed by atoms with van der Waals surface area (Å²) < 4.78 is 5.52. The highest BCUT2D eigenvalue weighted by atomic mass is 35.5. The van der Waals surface area contributed by atoms with Crippen LogP contribution in [0, 0.1) is 0 Å². The lowest BCUT2D eigenvalue weighted by Gasteiger charge is -2.20. The highest BCUT2D eigenvalue weighted by Crippen LogP contribution is 2.42. The van der Waals surface area contributed by atoms with Gasteiger partial charge < -0.3 is 20.3 Å². The maximum atomic E-state index is 6.18. The van der Waals surface area contributed by atoms with Gasteiger partial charge in [-0.3, -0.25) is 0 Å². The van der Waals surface area contributed by atoms with Crippen molar-refractivity contribution in [3.63, 3.8) is 0 Å². The van der Waals surface area contributed by atoms with Gasteiger partial charge in [0.15, 0.2) is 11.0 Å². The Morgan fingerprint density at radius 3 is 2.62 bits per heavy atom. The van der Waals surface area contributed by atoms with E-state index >= 15 is 0 Å². The molecule has 1 aliphatic rings. The number of halogens is 1. The Balaban J connectivity index is 1.48. The van der Waals surface area contributed by atoms with Crippen LogP contribution < -0.4 is 20.3 Å². The summed E-state index contributed by atoms with van der Waals surface area (Å²) in [5.41, 5.74) is 4.07. The lowest BCUT2D eigenvalue weighted by Crippen LogP contribution is -2.17. The number of hydrogen-bond donors (Lipinski definition) is 2. The first-order valence-electron chi connectivity index (χ1n) is 9.21. The fourth-order valence-corrected chi connectivity index (χ4v) is 3.81. The summed E-state index contributed by atoms with van der Waals surface area (Å²) >= 11 is 6.18. The molecule has 0 atom stereocenters. The Labute approximate surface area is 173 Å². The second kappa shape index (κ2) is 7.14. The number of para-hydroxylation sites is 2. The minimum atomic E-state index is 0.397. The first-order chi connectivity index (χ1) is 14.2. The molecule has 2 N–H and O–H groups in total. The zero-order valence-electron chi connectivity index (χ0n) is 15.7. The number of nitrogens with one attached hydrogen (secondary N) is 2. The summed E-state index contributed by atoms with van der Waals surface area (Å²) in [7, 11) is 1.69. The number of fused-ring (bicyclic) bond motifs is 2. The second-order valence-electron chi connectivity index (χ2n) is 6.68. The van der Waals surface area contributed by atoms with Crippen molar-refractivity contribution in [1.29, 1.82) is 0 Å². The van der Waals surface area contributed by atoms with Crippen molar-refractivity contribution in [2.24, 2.45) is 0 Å². The van der Waals surface area contributed by atoms with Gasteiger partial charge in [0.2, 0.25) is 0 Å². The van der Waals surface area contributed by atoms with Crippen LogP contribution in [0.3, 0.4) is 0 Å². The minimum Gasteiger partial charge on any atom is -0.495 e. The van der Waals surface area contributed by atoms with Crippen molar-refractivity contribution in [2.75, 3.05) is 29.3 Å². The van der Waals surface area contributed by atoms with Gasteiger partial charge in [-0.05, 0) is 30.3 Å². The van der Waals surface area contributed by atoms with Crippen LogP contribution >= 0.6 is 11.6 Å². The Hall–Kier alpha value is -3.51. The summed E-state index contributed by atoms with van der Waals surface area (Å²) in [5.74, 6) is 1.51. The first kappa shape index (κ1) is 17.6. The average Bonchev–Trinajstić information content (AvgIpc) is 3.19. The fourth-order valence-electron chi connectivity index (χ4n) is 3.61. The number of hydrogen-bond acceptors (Lipinski definition) is 6. The molecule has 0 spiro atoms. The summed E-state index contributed by atoms with van der Waals surface area (Å²) in [6.07, 6.45) is 0. The van der Waals surface area contributed by atoms with Gasteiger partial charge in [0.25, 0.3) is 0 Å². The lowest BCUT2D eigenvalue weighted by atomic mass is 10.2.